The van der Waals surface area contributed by atoms with E-state index in [2.05, 4.69) is 79.9 Å². The molecule has 0 aliphatic carbocycles. The van der Waals surface area contributed by atoms with Gasteiger partial charge in [0.1, 0.15) is 48.8 Å². The normalized spacial score (nSPS) is 23.2. The number of ether oxygens (including phenoxy) is 4. The summed E-state index contributed by atoms with van der Waals surface area (Å²) in [5.41, 5.74) is 0. The summed E-state index contributed by atoms with van der Waals surface area (Å²) in [5, 5.41) is 87.7. The second-order valence-electron chi connectivity index (χ2n) is 26.4. The van der Waals surface area contributed by atoms with E-state index in [0.29, 0.717) is 12.8 Å². The van der Waals surface area contributed by atoms with Crippen LogP contribution >= 0.6 is 0 Å². The molecule has 14 nitrogen and oxygen atoms in total. The van der Waals surface area contributed by atoms with Gasteiger partial charge >= 0.3 is 0 Å². The minimum Gasteiger partial charge on any atom is -0.394 e. The number of aliphatic hydroxyl groups is 8. The van der Waals surface area contributed by atoms with Crippen LogP contribution in [0, 0.1) is 0 Å². The summed E-state index contributed by atoms with van der Waals surface area (Å²) in [6, 6.07) is -0.829. The van der Waals surface area contributed by atoms with Crippen LogP contribution in [-0.2, 0) is 23.7 Å². The fourth-order valence-corrected chi connectivity index (χ4v) is 12.3. The molecule has 0 saturated carbocycles. The SMILES string of the molecule is CC/C=C\C/C=C\C/C=C\C/C=C\C/C=C\CCCCCCCCCCCCCCCCCCCCCCCC(=O)NC(COC1OC(CO)C(OC2OC(CO)C(O)C(O)C2O)C(O)C1O)C(O)CCCCCCCCCCCCCCCCCCCCC. The number of hydrogen-bond acceptors (Lipinski definition) is 13. The molecule has 0 radical (unpaired) electrons. The highest BCUT2D eigenvalue weighted by Gasteiger charge is 2.51. The molecule has 2 fully saturated rings. The second kappa shape index (κ2) is 60.4. The van der Waals surface area contributed by atoms with Crippen molar-refractivity contribution in [1.29, 1.82) is 0 Å². The first-order valence-corrected chi connectivity index (χ1v) is 37.5. The van der Waals surface area contributed by atoms with Gasteiger partial charge in [0, 0.05) is 6.42 Å². The number of hydrogen-bond donors (Lipinski definition) is 9. The Hall–Kier alpha value is -2.31. The van der Waals surface area contributed by atoms with Gasteiger partial charge in [0.2, 0.25) is 5.91 Å². The van der Waals surface area contributed by atoms with E-state index in [9.17, 15) is 45.6 Å². The Morgan fingerprint density at radius 2 is 0.767 bits per heavy atom. The molecule has 2 aliphatic heterocycles. The Kier molecular flexibility index (Phi) is 56.2. The molecule has 526 valence electrons. The third-order valence-electron chi connectivity index (χ3n) is 18.2. The maximum Gasteiger partial charge on any atom is 0.220 e. The first kappa shape index (κ1) is 83.8. The number of amides is 1. The van der Waals surface area contributed by atoms with Crippen molar-refractivity contribution in [2.75, 3.05) is 19.8 Å². The van der Waals surface area contributed by atoms with Gasteiger partial charge in [-0.1, -0.05) is 319 Å². The van der Waals surface area contributed by atoms with E-state index < -0.39 is 86.8 Å². The minimum atomic E-state index is -1.78. The Bertz CT molecular complexity index is 1740. The van der Waals surface area contributed by atoms with Crippen LogP contribution in [0.2, 0.25) is 0 Å². The minimum absolute atomic E-state index is 0.201. The van der Waals surface area contributed by atoms with Crippen molar-refractivity contribution in [3.05, 3.63) is 60.8 Å². The van der Waals surface area contributed by atoms with Gasteiger partial charge in [0.05, 0.1) is 32.0 Å². The maximum absolute atomic E-state index is 13.4. The van der Waals surface area contributed by atoms with E-state index in [1.54, 1.807) is 0 Å². The molecule has 14 heteroatoms. The van der Waals surface area contributed by atoms with Crippen LogP contribution in [0.5, 0.6) is 0 Å². The fraction of sp³-hybridized carbons (Fsp3) is 0.855. The molecule has 2 saturated heterocycles. The standard InChI is InChI=1S/C76H139NO13/c1-3-5-7-9-11-13-15-17-19-21-23-24-25-26-27-28-29-30-31-32-33-34-35-36-37-38-39-40-42-44-46-48-50-52-54-56-58-60-68(81)77-64(65(80)59-57-55-53-51-49-47-45-43-41-22-20-18-16-14-12-10-8-6-4-2)63-87-75-73(86)71(84)74(67(62-79)89-75)90-76-72(85)70(83)69(82)66(61-78)88-76/h5,7,11,13,17,19,23-24,26-27,64-67,69-76,78-80,82-86H,3-4,6,8-10,12,14-16,18,20-22,25,28-63H2,1-2H3,(H,77,81)/b7-5-,13-11-,19-17-,24-23-,27-26-. The fourth-order valence-electron chi connectivity index (χ4n) is 12.3. The number of nitrogens with one attached hydrogen (secondary N) is 1. The summed E-state index contributed by atoms with van der Waals surface area (Å²) in [5.74, 6) is -0.201. The molecule has 0 aromatic rings. The van der Waals surface area contributed by atoms with E-state index in [1.165, 1.54) is 212 Å². The first-order chi connectivity index (χ1) is 44.1. The zero-order valence-electron chi connectivity index (χ0n) is 57.4. The summed E-state index contributed by atoms with van der Waals surface area (Å²) in [6.07, 6.45) is 63.9. The van der Waals surface area contributed by atoms with Crippen molar-refractivity contribution in [1.82, 2.24) is 5.32 Å². The lowest BCUT2D eigenvalue weighted by molar-refractivity contribution is -0.359. The highest BCUT2D eigenvalue weighted by atomic mass is 16.7. The van der Waals surface area contributed by atoms with E-state index in [1.807, 2.05) is 0 Å². The summed E-state index contributed by atoms with van der Waals surface area (Å²) >= 11 is 0. The van der Waals surface area contributed by atoms with Crippen LogP contribution in [0.25, 0.3) is 0 Å². The number of allylic oxidation sites excluding steroid dienone is 10. The van der Waals surface area contributed by atoms with Crippen LogP contribution in [0.4, 0.5) is 0 Å². The molecule has 0 bridgehead atoms. The molecule has 0 aromatic heterocycles. The molecular formula is C76H139NO13. The van der Waals surface area contributed by atoms with Crippen LogP contribution in [0.1, 0.15) is 322 Å². The lowest BCUT2D eigenvalue weighted by Gasteiger charge is -2.46. The number of carbonyl (C=O) groups is 1. The largest absolute Gasteiger partial charge is 0.394 e. The van der Waals surface area contributed by atoms with E-state index in [0.717, 1.165) is 83.5 Å². The predicted molar refractivity (Wildman–Crippen MR) is 369 cm³/mol. The third kappa shape index (κ3) is 43.6. The monoisotopic (exact) mass is 1270 g/mol. The van der Waals surface area contributed by atoms with Crippen molar-refractivity contribution < 1.29 is 64.6 Å². The van der Waals surface area contributed by atoms with Crippen LogP contribution in [-0.4, -0.2) is 140 Å². The smallest absolute Gasteiger partial charge is 0.220 e. The molecule has 0 spiro atoms. The number of rotatable bonds is 62. The lowest BCUT2D eigenvalue weighted by atomic mass is 9.97. The molecule has 2 heterocycles. The maximum atomic E-state index is 13.4. The van der Waals surface area contributed by atoms with Crippen LogP contribution < -0.4 is 5.32 Å². The number of aliphatic hydroxyl groups excluding tert-OH is 8. The molecule has 0 aromatic carbocycles. The zero-order chi connectivity index (χ0) is 65.2. The first-order valence-electron chi connectivity index (χ1n) is 37.5. The summed E-state index contributed by atoms with van der Waals surface area (Å²) in [4.78, 5) is 13.4. The van der Waals surface area contributed by atoms with Crippen molar-refractivity contribution in [2.24, 2.45) is 0 Å². The van der Waals surface area contributed by atoms with Crippen LogP contribution in [0.3, 0.4) is 0 Å². The second-order valence-corrected chi connectivity index (χ2v) is 26.4. The van der Waals surface area contributed by atoms with Crippen molar-refractivity contribution in [3.63, 3.8) is 0 Å². The molecule has 1 amide bonds. The van der Waals surface area contributed by atoms with E-state index >= 15 is 0 Å². The highest BCUT2D eigenvalue weighted by molar-refractivity contribution is 5.76. The van der Waals surface area contributed by atoms with Crippen molar-refractivity contribution in [3.8, 4) is 0 Å². The molecule has 12 atom stereocenters. The van der Waals surface area contributed by atoms with Gasteiger partial charge in [-0.25, -0.2) is 0 Å². The third-order valence-corrected chi connectivity index (χ3v) is 18.2. The molecule has 2 rings (SSSR count). The quantitative estimate of drug-likeness (QED) is 0.0204. The number of unbranched alkanes of at least 4 members (excludes halogenated alkanes) is 39. The Morgan fingerprint density at radius 1 is 0.411 bits per heavy atom. The average Bonchev–Trinajstić information content (AvgIpc) is 1.58. The van der Waals surface area contributed by atoms with Gasteiger partial charge in [-0.15, -0.1) is 0 Å². The van der Waals surface area contributed by atoms with Crippen molar-refractivity contribution >= 4 is 5.91 Å². The number of carbonyl (C=O) groups excluding carboxylic acids is 1. The Morgan fingerprint density at radius 3 is 1.18 bits per heavy atom. The van der Waals surface area contributed by atoms with E-state index in [4.69, 9.17) is 18.9 Å². The molecule has 12 unspecified atom stereocenters. The topological polar surface area (TPSA) is 228 Å². The summed E-state index contributed by atoms with van der Waals surface area (Å²) in [6.45, 7) is 2.79. The van der Waals surface area contributed by atoms with Gasteiger partial charge in [-0.3, -0.25) is 4.79 Å². The lowest BCUT2D eigenvalue weighted by Crippen LogP contribution is -2.65. The van der Waals surface area contributed by atoms with Crippen LogP contribution in [0.15, 0.2) is 60.8 Å². The van der Waals surface area contributed by atoms with Crippen molar-refractivity contribution in [2.45, 2.75) is 396 Å². The molecule has 2 aliphatic rings. The summed E-state index contributed by atoms with van der Waals surface area (Å²) in [7, 11) is 0. The van der Waals surface area contributed by atoms with Gasteiger partial charge in [-0.05, 0) is 57.8 Å². The van der Waals surface area contributed by atoms with Gasteiger partial charge in [-0.2, -0.15) is 0 Å². The van der Waals surface area contributed by atoms with Gasteiger partial charge in [0.25, 0.3) is 0 Å². The van der Waals surface area contributed by atoms with Gasteiger partial charge in [0.15, 0.2) is 12.6 Å². The average molecular weight is 1270 g/mol. The highest BCUT2D eigenvalue weighted by Crippen LogP contribution is 2.30. The zero-order valence-corrected chi connectivity index (χ0v) is 57.4. The summed E-state index contributed by atoms with van der Waals surface area (Å²) < 4.78 is 22.9. The Balaban J connectivity index is 1.59. The molecule has 9 N–H and O–H groups in total. The van der Waals surface area contributed by atoms with Gasteiger partial charge < -0.3 is 65.1 Å². The molecular weight excluding hydrogens is 1130 g/mol. The predicted octanol–water partition coefficient (Wildman–Crippen LogP) is 16.0. The Labute approximate surface area is 549 Å². The van der Waals surface area contributed by atoms with E-state index in [-0.39, 0.29) is 12.5 Å². The molecule has 90 heavy (non-hydrogen) atoms.